The number of carboxylic acid groups (broad SMARTS) is 1. The summed E-state index contributed by atoms with van der Waals surface area (Å²) in [6.45, 7) is 0.242. The van der Waals surface area contributed by atoms with E-state index in [1.165, 1.54) is 12.1 Å². The van der Waals surface area contributed by atoms with Crippen molar-refractivity contribution >= 4 is 40.1 Å². The Bertz CT molecular complexity index is 1280. The molecule has 0 saturated heterocycles. The summed E-state index contributed by atoms with van der Waals surface area (Å²) in [4.78, 5) is 15.9. The average molecular weight is 454 g/mol. The minimum atomic E-state index is -1.15. The van der Waals surface area contributed by atoms with Gasteiger partial charge in [0.25, 0.3) is 0 Å². The predicted molar refractivity (Wildman–Crippen MR) is 120 cm³/mol. The van der Waals surface area contributed by atoms with Crippen LogP contribution in [-0.4, -0.2) is 21.2 Å². The summed E-state index contributed by atoms with van der Waals surface area (Å²) >= 11 is 12.0. The molecule has 5 nitrogen and oxygen atoms in total. The number of hydrogen-bond acceptors (Lipinski definition) is 4. The van der Waals surface area contributed by atoms with Gasteiger partial charge in [0.15, 0.2) is 0 Å². The van der Waals surface area contributed by atoms with Crippen LogP contribution in [0.2, 0.25) is 10.0 Å². The minimum absolute atomic E-state index is 0.0619. The van der Waals surface area contributed by atoms with Crippen molar-refractivity contribution in [2.24, 2.45) is 0 Å². The second kappa shape index (κ2) is 8.94. The lowest BCUT2D eigenvalue weighted by Crippen LogP contribution is -2.04. The summed E-state index contributed by atoms with van der Waals surface area (Å²) in [6.07, 6.45) is -1.03. The highest BCUT2D eigenvalue weighted by Gasteiger charge is 2.16. The van der Waals surface area contributed by atoms with Crippen LogP contribution in [0.25, 0.3) is 10.9 Å². The summed E-state index contributed by atoms with van der Waals surface area (Å²) in [5, 5.41) is 21.7. The number of pyridine rings is 1. The Morgan fingerprint density at radius 3 is 2.55 bits per heavy atom. The third-order valence-electron chi connectivity index (χ3n) is 4.81. The van der Waals surface area contributed by atoms with Crippen LogP contribution in [0.4, 0.5) is 0 Å². The molecule has 1 unspecified atom stereocenters. The number of aliphatic hydroxyl groups is 1. The standard InChI is InChI=1S/C24H17Cl2NO4/c25-17-7-4-14-5-8-18(27-22(14)12-17)13-31-19-3-1-2-15(10-19)23(28)16-6-9-21(26)20(11-16)24(29)30/h1-12,23,28H,13H2,(H,29,30). The first-order chi connectivity index (χ1) is 14.9. The van der Waals surface area contributed by atoms with Gasteiger partial charge in [0, 0.05) is 10.4 Å². The van der Waals surface area contributed by atoms with Crippen LogP contribution in [0.15, 0.2) is 72.8 Å². The molecule has 0 fully saturated rings. The van der Waals surface area contributed by atoms with Gasteiger partial charge in [-0.25, -0.2) is 9.78 Å². The van der Waals surface area contributed by atoms with Crippen molar-refractivity contribution in [2.45, 2.75) is 12.7 Å². The molecular weight excluding hydrogens is 437 g/mol. The van der Waals surface area contributed by atoms with E-state index in [9.17, 15) is 15.0 Å². The summed E-state index contributed by atoms with van der Waals surface area (Å²) in [5.74, 6) is -0.600. The molecule has 0 bridgehead atoms. The van der Waals surface area contributed by atoms with Crippen molar-refractivity contribution in [3.05, 3.63) is 105 Å². The predicted octanol–water partition coefficient (Wildman–Crippen LogP) is 5.90. The van der Waals surface area contributed by atoms with Crippen LogP contribution in [0.5, 0.6) is 5.75 Å². The van der Waals surface area contributed by atoms with Crippen LogP contribution in [0, 0.1) is 0 Å². The number of ether oxygens (including phenoxy) is 1. The number of carboxylic acids is 1. The molecule has 0 saturated carbocycles. The van der Waals surface area contributed by atoms with Crippen molar-refractivity contribution in [3.63, 3.8) is 0 Å². The van der Waals surface area contributed by atoms with Gasteiger partial charge in [0.2, 0.25) is 0 Å². The van der Waals surface area contributed by atoms with E-state index in [-0.39, 0.29) is 17.2 Å². The average Bonchev–Trinajstić information content (AvgIpc) is 2.77. The Hall–Kier alpha value is -3.12. The quantitative estimate of drug-likeness (QED) is 0.379. The lowest BCUT2D eigenvalue weighted by Gasteiger charge is -2.14. The molecule has 156 valence electrons. The zero-order valence-corrected chi connectivity index (χ0v) is 17.6. The SMILES string of the molecule is O=C(O)c1cc(C(O)c2cccc(OCc3ccc4ccc(Cl)cc4n3)c2)ccc1Cl. The van der Waals surface area contributed by atoms with Gasteiger partial charge in [0.1, 0.15) is 18.5 Å². The van der Waals surface area contributed by atoms with Crippen LogP contribution in [-0.2, 0) is 6.61 Å². The first-order valence-electron chi connectivity index (χ1n) is 9.39. The molecule has 0 spiro atoms. The number of aliphatic hydroxyl groups excluding tert-OH is 1. The normalized spacial score (nSPS) is 12.0. The second-order valence-electron chi connectivity index (χ2n) is 6.95. The van der Waals surface area contributed by atoms with Gasteiger partial charge in [-0.15, -0.1) is 0 Å². The van der Waals surface area contributed by atoms with Crippen molar-refractivity contribution in [2.75, 3.05) is 0 Å². The van der Waals surface area contributed by atoms with Crippen molar-refractivity contribution < 1.29 is 19.7 Å². The molecule has 4 rings (SSSR count). The van der Waals surface area contributed by atoms with E-state index < -0.39 is 12.1 Å². The molecule has 1 aromatic heterocycles. The molecule has 0 aliphatic carbocycles. The lowest BCUT2D eigenvalue weighted by molar-refractivity contribution is 0.0697. The number of benzene rings is 3. The largest absolute Gasteiger partial charge is 0.487 e. The van der Waals surface area contributed by atoms with Gasteiger partial charge in [-0.05, 0) is 53.6 Å². The first kappa shape index (κ1) is 21.1. The summed E-state index contributed by atoms with van der Waals surface area (Å²) in [6, 6.07) is 20.8. The summed E-state index contributed by atoms with van der Waals surface area (Å²) in [5.41, 5.74) is 2.45. The smallest absolute Gasteiger partial charge is 0.337 e. The zero-order chi connectivity index (χ0) is 22.0. The molecule has 1 atom stereocenters. The number of fused-ring (bicyclic) bond motifs is 1. The molecule has 0 amide bonds. The number of hydrogen-bond donors (Lipinski definition) is 2. The topological polar surface area (TPSA) is 79.7 Å². The van der Waals surface area contributed by atoms with Crippen LogP contribution in [0.1, 0.15) is 33.3 Å². The van der Waals surface area contributed by atoms with Crippen LogP contribution >= 0.6 is 23.2 Å². The Morgan fingerprint density at radius 1 is 0.968 bits per heavy atom. The van der Waals surface area contributed by atoms with E-state index in [2.05, 4.69) is 4.98 Å². The number of halogens is 2. The fourth-order valence-electron chi connectivity index (χ4n) is 3.21. The molecule has 0 aliphatic rings. The van der Waals surface area contributed by atoms with E-state index in [4.69, 9.17) is 27.9 Å². The molecule has 1 heterocycles. The first-order valence-corrected chi connectivity index (χ1v) is 10.1. The maximum atomic E-state index is 11.3. The lowest BCUT2D eigenvalue weighted by atomic mass is 9.99. The fourth-order valence-corrected chi connectivity index (χ4v) is 3.58. The van der Waals surface area contributed by atoms with Gasteiger partial charge in [0.05, 0.1) is 21.8 Å². The highest BCUT2D eigenvalue weighted by molar-refractivity contribution is 6.33. The molecule has 7 heteroatoms. The molecule has 2 N–H and O–H groups in total. The highest BCUT2D eigenvalue weighted by Crippen LogP contribution is 2.28. The maximum absolute atomic E-state index is 11.3. The van der Waals surface area contributed by atoms with E-state index in [0.29, 0.717) is 21.9 Å². The number of rotatable bonds is 6. The number of aromatic nitrogens is 1. The number of nitrogens with zero attached hydrogens (tertiary/aromatic N) is 1. The van der Waals surface area contributed by atoms with Gasteiger partial charge in [-0.2, -0.15) is 0 Å². The number of carbonyl (C=O) groups is 1. The zero-order valence-electron chi connectivity index (χ0n) is 16.1. The highest BCUT2D eigenvalue weighted by atomic mass is 35.5. The molecule has 0 radical (unpaired) electrons. The van der Waals surface area contributed by atoms with E-state index >= 15 is 0 Å². The van der Waals surface area contributed by atoms with Crippen molar-refractivity contribution in [1.29, 1.82) is 0 Å². The van der Waals surface area contributed by atoms with Crippen LogP contribution in [0.3, 0.4) is 0 Å². The molecule has 3 aromatic carbocycles. The fraction of sp³-hybridized carbons (Fsp3) is 0.0833. The summed E-state index contributed by atoms with van der Waals surface area (Å²) in [7, 11) is 0. The van der Waals surface area contributed by atoms with Crippen molar-refractivity contribution in [1.82, 2.24) is 4.98 Å². The summed E-state index contributed by atoms with van der Waals surface area (Å²) < 4.78 is 5.86. The maximum Gasteiger partial charge on any atom is 0.337 e. The van der Waals surface area contributed by atoms with Crippen LogP contribution < -0.4 is 4.74 Å². The van der Waals surface area contributed by atoms with E-state index in [0.717, 1.165) is 16.6 Å². The Kier molecular flexibility index (Phi) is 6.09. The second-order valence-corrected chi connectivity index (χ2v) is 7.79. The van der Waals surface area contributed by atoms with Gasteiger partial charge >= 0.3 is 5.97 Å². The van der Waals surface area contributed by atoms with Gasteiger partial charge in [-0.1, -0.05) is 53.5 Å². The Labute approximate surface area is 188 Å². The Balaban J connectivity index is 1.52. The van der Waals surface area contributed by atoms with Crippen molar-refractivity contribution in [3.8, 4) is 5.75 Å². The number of aromatic carboxylic acids is 1. The van der Waals surface area contributed by atoms with E-state index in [1.807, 2.05) is 24.3 Å². The van der Waals surface area contributed by atoms with Gasteiger partial charge in [-0.3, -0.25) is 0 Å². The molecule has 31 heavy (non-hydrogen) atoms. The third-order valence-corrected chi connectivity index (χ3v) is 5.37. The van der Waals surface area contributed by atoms with E-state index in [1.54, 1.807) is 36.4 Å². The molecular formula is C24H17Cl2NO4. The minimum Gasteiger partial charge on any atom is -0.487 e. The molecule has 0 aliphatic heterocycles. The Morgan fingerprint density at radius 2 is 1.74 bits per heavy atom. The monoisotopic (exact) mass is 453 g/mol. The molecule has 4 aromatic rings. The third kappa shape index (κ3) is 4.80. The van der Waals surface area contributed by atoms with Gasteiger partial charge < -0.3 is 14.9 Å².